The largest absolute Gasteiger partial charge is 0.408 e. The lowest BCUT2D eigenvalue weighted by Gasteiger charge is -2.40. The summed E-state index contributed by atoms with van der Waals surface area (Å²) in [7, 11) is 11.5. The first-order chi connectivity index (χ1) is 8.82. The minimum atomic E-state index is -0.906. The summed E-state index contributed by atoms with van der Waals surface area (Å²) in [6.45, 7) is 2.92. The lowest BCUT2D eigenvalue weighted by molar-refractivity contribution is -0.101. The summed E-state index contributed by atoms with van der Waals surface area (Å²) in [4.78, 5) is 14.6. The first-order valence-corrected chi connectivity index (χ1v) is 6.47. The van der Waals surface area contributed by atoms with Crippen LogP contribution >= 0.6 is 0 Å². The Hall–Kier alpha value is -1.34. The van der Waals surface area contributed by atoms with Crippen molar-refractivity contribution in [3.8, 4) is 0 Å². The lowest BCUT2D eigenvalue weighted by Crippen LogP contribution is -2.61. The van der Waals surface area contributed by atoms with Crippen molar-refractivity contribution >= 4 is 12.0 Å². The fourth-order valence-electron chi connectivity index (χ4n) is 1.52. The normalized spacial score (nSPS) is 22.7. The quantitative estimate of drug-likeness (QED) is 0.730. The molecule has 1 unspecified atom stereocenters. The summed E-state index contributed by atoms with van der Waals surface area (Å²) >= 11 is 0. The van der Waals surface area contributed by atoms with Crippen LogP contribution in [0.25, 0.3) is 0 Å². The third kappa shape index (κ3) is 3.57. The molecule has 0 aromatic heterocycles. The van der Waals surface area contributed by atoms with E-state index in [1.54, 1.807) is 0 Å². The molecule has 1 aliphatic rings. The van der Waals surface area contributed by atoms with Crippen LogP contribution in [-0.2, 0) is 4.74 Å². The molecule has 0 bridgehead atoms. The van der Waals surface area contributed by atoms with Crippen molar-refractivity contribution in [2.24, 2.45) is 9.98 Å². The topological polar surface area (TPSA) is 55.7 Å². The molecular weight excluding hydrogens is 244 g/mol. The highest BCUT2D eigenvalue weighted by atomic mass is 16.6. The molecule has 1 heterocycles. The number of nitrogens with zero attached hydrogens (tertiary/aromatic N) is 5. The number of hydrogen-bond acceptors (Lipinski definition) is 7. The van der Waals surface area contributed by atoms with Gasteiger partial charge in [-0.3, -0.25) is 0 Å². The summed E-state index contributed by atoms with van der Waals surface area (Å²) in [5.74, 6) is -0.274. The van der Waals surface area contributed by atoms with E-state index in [0.29, 0.717) is 12.0 Å². The highest BCUT2D eigenvalue weighted by Gasteiger charge is 2.40. The molecule has 0 spiro atoms. The van der Waals surface area contributed by atoms with E-state index in [4.69, 9.17) is 4.74 Å². The van der Waals surface area contributed by atoms with Crippen molar-refractivity contribution in [1.29, 1.82) is 0 Å². The molecule has 0 saturated heterocycles. The van der Waals surface area contributed by atoms with E-state index >= 15 is 0 Å². The van der Waals surface area contributed by atoms with Crippen LogP contribution in [0.2, 0.25) is 0 Å². The second-order valence-corrected chi connectivity index (χ2v) is 5.13. The molecule has 19 heavy (non-hydrogen) atoms. The van der Waals surface area contributed by atoms with Gasteiger partial charge in [-0.05, 0) is 20.5 Å². The third-order valence-corrected chi connectivity index (χ3v) is 2.67. The number of guanidine groups is 1. The average molecular weight is 270 g/mol. The summed E-state index contributed by atoms with van der Waals surface area (Å²) < 4.78 is 5.96. The van der Waals surface area contributed by atoms with Crippen LogP contribution in [0.5, 0.6) is 0 Å². The zero-order valence-electron chi connectivity index (χ0n) is 13.1. The van der Waals surface area contributed by atoms with Crippen molar-refractivity contribution in [2.45, 2.75) is 19.3 Å². The van der Waals surface area contributed by atoms with Gasteiger partial charge in [0.1, 0.15) is 0 Å². The Kier molecular flexibility index (Phi) is 5.13. The van der Waals surface area contributed by atoms with Gasteiger partial charge in [0.2, 0.25) is 5.96 Å². The maximum atomic E-state index is 5.96. The van der Waals surface area contributed by atoms with Crippen molar-refractivity contribution in [2.75, 3.05) is 48.8 Å². The molecule has 7 nitrogen and oxygen atoms in total. The molecule has 0 radical (unpaired) electrons. The number of amidine groups is 1. The predicted octanol–water partition coefficient (Wildman–Crippen LogP) is 0.0243. The van der Waals surface area contributed by atoms with E-state index in [0.717, 1.165) is 13.0 Å². The van der Waals surface area contributed by atoms with Crippen LogP contribution in [0.3, 0.4) is 0 Å². The fourth-order valence-corrected chi connectivity index (χ4v) is 1.52. The van der Waals surface area contributed by atoms with Crippen LogP contribution in [-0.4, -0.2) is 81.5 Å². The molecule has 1 N–H and O–H groups in total. The molecule has 0 saturated carbocycles. The number of hydrogen-bond donors (Lipinski definition) is 1. The summed E-state index contributed by atoms with van der Waals surface area (Å²) in [6, 6.07) is 0.538. The number of rotatable bonds is 4. The van der Waals surface area contributed by atoms with Gasteiger partial charge in [-0.25, -0.2) is 10.2 Å². The zero-order chi connectivity index (χ0) is 14.6. The molecule has 0 fully saturated rings. The average Bonchev–Trinajstić information content (AvgIpc) is 2.35. The van der Waals surface area contributed by atoms with E-state index in [1.165, 1.54) is 0 Å². The van der Waals surface area contributed by atoms with Gasteiger partial charge in [-0.15, -0.1) is 0 Å². The number of ether oxygens (including phenoxy) is 1. The van der Waals surface area contributed by atoms with Crippen LogP contribution < -0.4 is 5.32 Å². The first kappa shape index (κ1) is 15.7. The van der Waals surface area contributed by atoms with Crippen LogP contribution in [0.4, 0.5) is 0 Å². The standard InChI is InChI=1S/C12H26N6O/c1-8-9-13-12(18(6)7)15-10(16(2)3)14-11(19-12)17(4)5/h13H,8-9H2,1-7H3. The van der Waals surface area contributed by atoms with E-state index in [9.17, 15) is 0 Å². The molecule has 0 aromatic carbocycles. The van der Waals surface area contributed by atoms with Crippen molar-refractivity contribution in [3.05, 3.63) is 0 Å². The Balaban J connectivity index is 3.14. The Labute approximate surface area is 115 Å². The van der Waals surface area contributed by atoms with E-state index < -0.39 is 5.97 Å². The van der Waals surface area contributed by atoms with E-state index in [-0.39, 0.29) is 0 Å². The van der Waals surface area contributed by atoms with E-state index in [1.807, 2.05) is 57.0 Å². The van der Waals surface area contributed by atoms with Gasteiger partial charge in [0.15, 0.2) is 0 Å². The second-order valence-electron chi connectivity index (χ2n) is 5.13. The molecule has 0 aliphatic carbocycles. The highest BCUT2D eigenvalue weighted by molar-refractivity contribution is 5.93. The molecule has 1 atom stereocenters. The number of nitrogens with one attached hydrogen (secondary N) is 1. The first-order valence-electron chi connectivity index (χ1n) is 6.47. The van der Waals surface area contributed by atoms with Gasteiger partial charge in [0.05, 0.1) is 0 Å². The summed E-state index contributed by atoms with van der Waals surface area (Å²) in [5.41, 5.74) is 0. The fraction of sp³-hybridized carbons (Fsp3) is 0.833. The van der Waals surface area contributed by atoms with Crippen LogP contribution in [0, 0.1) is 0 Å². The highest BCUT2D eigenvalue weighted by Crippen LogP contribution is 2.19. The minimum absolute atomic E-state index is 0.538. The van der Waals surface area contributed by atoms with Gasteiger partial charge < -0.3 is 14.5 Å². The van der Waals surface area contributed by atoms with Crippen LogP contribution in [0.1, 0.15) is 13.3 Å². The smallest absolute Gasteiger partial charge is 0.329 e. The molecular formula is C12H26N6O. The van der Waals surface area contributed by atoms with Gasteiger partial charge in [-0.2, -0.15) is 9.98 Å². The third-order valence-electron chi connectivity index (χ3n) is 2.67. The van der Waals surface area contributed by atoms with Gasteiger partial charge >= 0.3 is 5.97 Å². The SMILES string of the molecule is CCCNC1(N(C)C)N=C(N(C)C)N=C(N(C)C)O1. The Morgan fingerprint density at radius 3 is 2.16 bits per heavy atom. The Morgan fingerprint density at radius 2 is 1.74 bits per heavy atom. The molecule has 1 aliphatic heterocycles. The maximum absolute atomic E-state index is 5.96. The second kappa shape index (κ2) is 6.21. The maximum Gasteiger partial charge on any atom is 0.329 e. The zero-order valence-corrected chi connectivity index (χ0v) is 13.1. The molecule has 7 heteroatoms. The lowest BCUT2D eigenvalue weighted by atomic mass is 10.4. The van der Waals surface area contributed by atoms with Crippen molar-refractivity contribution < 1.29 is 4.74 Å². The van der Waals surface area contributed by atoms with Crippen molar-refractivity contribution in [1.82, 2.24) is 20.0 Å². The number of aliphatic imine (C=N–C) groups is 2. The van der Waals surface area contributed by atoms with Crippen molar-refractivity contribution in [3.63, 3.8) is 0 Å². The summed E-state index contributed by atoms with van der Waals surface area (Å²) in [5, 5.41) is 3.34. The molecule has 110 valence electrons. The van der Waals surface area contributed by atoms with E-state index in [2.05, 4.69) is 22.2 Å². The van der Waals surface area contributed by atoms with Gasteiger partial charge in [-0.1, -0.05) is 6.92 Å². The minimum Gasteiger partial charge on any atom is -0.408 e. The van der Waals surface area contributed by atoms with Gasteiger partial charge in [0, 0.05) is 34.7 Å². The summed E-state index contributed by atoms with van der Waals surface area (Å²) in [6.07, 6.45) is 1.00. The van der Waals surface area contributed by atoms with Crippen LogP contribution in [0.15, 0.2) is 9.98 Å². The molecule has 0 aromatic rings. The Bertz CT molecular complexity index is 363. The molecule has 0 amide bonds. The Morgan fingerprint density at radius 1 is 1.11 bits per heavy atom. The monoisotopic (exact) mass is 270 g/mol. The molecule has 1 rings (SSSR count). The predicted molar refractivity (Wildman–Crippen MR) is 78.0 cm³/mol. The van der Waals surface area contributed by atoms with Gasteiger partial charge in [0.25, 0.3) is 6.02 Å².